The van der Waals surface area contributed by atoms with Gasteiger partial charge in [-0.1, -0.05) is 11.6 Å². The number of amides is 1. The Hall–Kier alpha value is -1.09. The predicted octanol–water partition coefficient (Wildman–Crippen LogP) is 3.16. The Kier molecular flexibility index (Phi) is 4.92. The van der Waals surface area contributed by atoms with E-state index < -0.39 is 24.9 Å². The fraction of sp³-hybridized carbons (Fsp3) is 0.333. The number of carbonyl (C=O) groups is 1. The molecular formula is C12H12ClF2N3OS2. The lowest BCUT2D eigenvalue weighted by atomic mass is 10.3. The fourth-order valence-corrected chi connectivity index (χ4v) is 3.58. The number of aromatic nitrogens is 1. The molecule has 0 fully saturated rings. The maximum atomic E-state index is 13.0. The fourth-order valence-electron chi connectivity index (χ4n) is 1.50. The van der Waals surface area contributed by atoms with Crippen LogP contribution in [0.5, 0.6) is 0 Å². The van der Waals surface area contributed by atoms with Crippen LogP contribution in [0.25, 0.3) is 9.88 Å². The number of halogens is 3. The lowest BCUT2D eigenvalue weighted by molar-refractivity contribution is 0.0119. The van der Waals surface area contributed by atoms with Crippen molar-refractivity contribution >= 4 is 40.2 Å². The van der Waals surface area contributed by atoms with Crippen molar-refractivity contribution in [2.45, 2.75) is 12.8 Å². The van der Waals surface area contributed by atoms with Crippen LogP contribution in [0.2, 0.25) is 4.34 Å². The van der Waals surface area contributed by atoms with Crippen LogP contribution in [0.15, 0.2) is 12.1 Å². The van der Waals surface area contributed by atoms with Gasteiger partial charge in [0.25, 0.3) is 11.8 Å². The summed E-state index contributed by atoms with van der Waals surface area (Å²) < 4.78 is 26.7. The van der Waals surface area contributed by atoms with Gasteiger partial charge in [0.1, 0.15) is 9.88 Å². The standard InChI is InChI=1S/C12H12ClF2N3OS2/c1-6-9(10(19)17-5-12(14,15)4-16)21-11(18-6)7-2-3-8(13)20-7/h2-3H,4-5,16H2,1H3,(H,17,19). The third kappa shape index (κ3) is 3.97. The summed E-state index contributed by atoms with van der Waals surface area (Å²) in [6.45, 7) is 0.0545. The van der Waals surface area contributed by atoms with E-state index in [-0.39, 0.29) is 0 Å². The zero-order valence-electron chi connectivity index (χ0n) is 11.0. The minimum absolute atomic E-state index is 0.308. The number of hydrogen-bond acceptors (Lipinski definition) is 5. The minimum Gasteiger partial charge on any atom is -0.345 e. The number of rotatable bonds is 5. The summed E-state index contributed by atoms with van der Waals surface area (Å²) in [6.07, 6.45) is 0. The van der Waals surface area contributed by atoms with Gasteiger partial charge < -0.3 is 11.1 Å². The number of aryl methyl sites for hydroxylation is 1. The van der Waals surface area contributed by atoms with Gasteiger partial charge in [-0.15, -0.1) is 22.7 Å². The van der Waals surface area contributed by atoms with E-state index >= 15 is 0 Å². The van der Waals surface area contributed by atoms with Crippen molar-refractivity contribution in [2.24, 2.45) is 5.73 Å². The zero-order chi connectivity index (χ0) is 15.6. The van der Waals surface area contributed by atoms with E-state index in [9.17, 15) is 13.6 Å². The normalized spacial score (nSPS) is 11.7. The molecule has 4 nitrogen and oxygen atoms in total. The molecule has 0 atom stereocenters. The molecule has 0 unspecified atom stereocenters. The van der Waals surface area contributed by atoms with Gasteiger partial charge in [0.15, 0.2) is 0 Å². The Balaban J connectivity index is 2.14. The molecule has 9 heteroatoms. The average Bonchev–Trinajstić information content (AvgIpc) is 3.02. The number of thiazole rings is 1. The number of hydrogen-bond donors (Lipinski definition) is 2. The molecule has 114 valence electrons. The van der Waals surface area contributed by atoms with Crippen LogP contribution in [-0.2, 0) is 0 Å². The van der Waals surface area contributed by atoms with Crippen molar-refractivity contribution in [1.82, 2.24) is 10.3 Å². The highest BCUT2D eigenvalue weighted by molar-refractivity contribution is 7.24. The molecule has 0 radical (unpaired) electrons. The van der Waals surface area contributed by atoms with Crippen LogP contribution in [0, 0.1) is 6.92 Å². The van der Waals surface area contributed by atoms with Crippen LogP contribution >= 0.6 is 34.3 Å². The third-order valence-corrected chi connectivity index (χ3v) is 5.15. The summed E-state index contributed by atoms with van der Waals surface area (Å²) in [5.74, 6) is -3.69. The number of nitrogens with two attached hydrogens (primary N) is 1. The molecule has 0 spiro atoms. The van der Waals surface area contributed by atoms with Crippen molar-refractivity contribution in [3.05, 3.63) is 27.0 Å². The number of nitrogens with one attached hydrogen (secondary N) is 1. The lowest BCUT2D eigenvalue weighted by Gasteiger charge is -2.13. The second-order valence-electron chi connectivity index (χ2n) is 4.28. The van der Waals surface area contributed by atoms with E-state index in [0.717, 1.165) is 16.2 Å². The maximum absolute atomic E-state index is 13.0. The number of carbonyl (C=O) groups excluding carboxylic acids is 1. The van der Waals surface area contributed by atoms with Crippen LogP contribution in [0.1, 0.15) is 15.4 Å². The Morgan fingerprint density at radius 3 is 2.76 bits per heavy atom. The molecule has 2 heterocycles. The van der Waals surface area contributed by atoms with E-state index in [1.807, 2.05) is 0 Å². The molecular weight excluding hydrogens is 340 g/mol. The molecule has 0 saturated carbocycles. The van der Waals surface area contributed by atoms with E-state index in [2.05, 4.69) is 10.3 Å². The van der Waals surface area contributed by atoms with Crippen LogP contribution in [0.4, 0.5) is 8.78 Å². The molecule has 3 N–H and O–H groups in total. The highest BCUT2D eigenvalue weighted by Gasteiger charge is 2.28. The number of thiophene rings is 1. The molecule has 0 aliphatic heterocycles. The summed E-state index contributed by atoms with van der Waals surface area (Å²) in [6, 6.07) is 3.54. The first kappa shape index (κ1) is 16.3. The van der Waals surface area contributed by atoms with E-state index in [1.54, 1.807) is 19.1 Å². The largest absolute Gasteiger partial charge is 0.345 e. The van der Waals surface area contributed by atoms with E-state index in [4.69, 9.17) is 17.3 Å². The van der Waals surface area contributed by atoms with Crippen LogP contribution in [-0.4, -0.2) is 29.9 Å². The van der Waals surface area contributed by atoms with Gasteiger partial charge >= 0.3 is 0 Å². The van der Waals surface area contributed by atoms with Gasteiger partial charge in [-0.2, -0.15) is 0 Å². The summed E-state index contributed by atoms with van der Waals surface area (Å²) in [4.78, 5) is 17.4. The molecule has 1 amide bonds. The minimum atomic E-state index is -3.11. The smallest absolute Gasteiger partial charge is 0.277 e. The lowest BCUT2D eigenvalue weighted by Crippen LogP contribution is -2.41. The SMILES string of the molecule is Cc1nc(-c2ccc(Cl)s2)sc1C(=O)NCC(F)(F)CN. The topological polar surface area (TPSA) is 68.0 Å². The second-order valence-corrected chi connectivity index (χ2v) is 6.99. The molecule has 0 aliphatic rings. The molecule has 2 aromatic heterocycles. The quantitative estimate of drug-likeness (QED) is 0.869. The maximum Gasteiger partial charge on any atom is 0.277 e. The highest BCUT2D eigenvalue weighted by Crippen LogP contribution is 2.34. The molecule has 0 aromatic carbocycles. The summed E-state index contributed by atoms with van der Waals surface area (Å²) in [7, 11) is 0. The molecule has 21 heavy (non-hydrogen) atoms. The molecule has 2 aromatic rings. The Labute approximate surface area is 132 Å². The van der Waals surface area contributed by atoms with Gasteiger partial charge in [0.05, 0.1) is 28.0 Å². The second kappa shape index (κ2) is 6.35. The highest BCUT2D eigenvalue weighted by atomic mass is 35.5. The van der Waals surface area contributed by atoms with Gasteiger partial charge in [0, 0.05) is 0 Å². The first-order chi connectivity index (χ1) is 9.82. The van der Waals surface area contributed by atoms with Gasteiger partial charge in [0.2, 0.25) is 0 Å². The van der Waals surface area contributed by atoms with Crippen LogP contribution < -0.4 is 11.1 Å². The van der Waals surface area contributed by atoms with Gasteiger partial charge in [-0.3, -0.25) is 4.79 Å². The molecule has 0 aliphatic carbocycles. The summed E-state index contributed by atoms with van der Waals surface area (Å²) >= 11 is 8.34. The van der Waals surface area contributed by atoms with E-state index in [0.29, 0.717) is 19.9 Å². The average molecular weight is 352 g/mol. The molecule has 2 rings (SSSR count). The van der Waals surface area contributed by atoms with Gasteiger partial charge in [-0.05, 0) is 19.1 Å². The summed E-state index contributed by atoms with van der Waals surface area (Å²) in [5.41, 5.74) is 5.41. The van der Waals surface area contributed by atoms with E-state index in [1.165, 1.54) is 11.3 Å². The third-order valence-electron chi connectivity index (χ3n) is 2.59. The van der Waals surface area contributed by atoms with Crippen molar-refractivity contribution in [3.8, 4) is 9.88 Å². The Bertz CT molecular complexity index is 657. The zero-order valence-corrected chi connectivity index (χ0v) is 13.3. The summed E-state index contributed by atoms with van der Waals surface area (Å²) in [5, 5.41) is 2.82. The molecule has 0 saturated heterocycles. The van der Waals surface area contributed by atoms with Gasteiger partial charge in [-0.25, -0.2) is 13.8 Å². The monoisotopic (exact) mass is 351 g/mol. The Morgan fingerprint density at radius 2 is 2.19 bits per heavy atom. The van der Waals surface area contributed by atoms with Crippen molar-refractivity contribution in [2.75, 3.05) is 13.1 Å². The Morgan fingerprint density at radius 1 is 1.48 bits per heavy atom. The molecule has 0 bridgehead atoms. The first-order valence-corrected chi connectivity index (χ1v) is 7.93. The predicted molar refractivity (Wildman–Crippen MR) is 81.5 cm³/mol. The van der Waals surface area contributed by atoms with Crippen molar-refractivity contribution < 1.29 is 13.6 Å². The van der Waals surface area contributed by atoms with Crippen molar-refractivity contribution in [3.63, 3.8) is 0 Å². The number of alkyl halides is 2. The van der Waals surface area contributed by atoms with Crippen molar-refractivity contribution in [1.29, 1.82) is 0 Å². The number of nitrogens with zero attached hydrogens (tertiary/aromatic N) is 1. The first-order valence-electron chi connectivity index (χ1n) is 5.91. The van der Waals surface area contributed by atoms with Crippen LogP contribution in [0.3, 0.4) is 0 Å².